The molecule has 0 radical (unpaired) electrons. The monoisotopic (exact) mass is 280 g/mol. The van der Waals surface area contributed by atoms with Crippen LogP contribution in [0.15, 0.2) is 21.2 Å². The molecule has 0 unspecified atom stereocenters. The summed E-state index contributed by atoms with van der Waals surface area (Å²) < 4.78 is 41.5. The number of oxazole rings is 1. The van der Waals surface area contributed by atoms with E-state index in [-0.39, 0.29) is 11.6 Å². The van der Waals surface area contributed by atoms with Gasteiger partial charge >= 0.3 is 6.18 Å². The number of halogens is 4. The van der Waals surface area contributed by atoms with E-state index >= 15 is 0 Å². The number of pyridine rings is 1. The number of fused-ring (bicyclic) bond motifs is 1. The zero-order valence-corrected chi connectivity index (χ0v) is 8.76. The molecule has 0 saturated heterocycles. The lowest BCUT2D eigenvalue weighted by Gasteiger charge is -2.00. The minimum Gasteiger partial charge on any atom is -0.422 e. The van der Waals surface area contributed by atoms with E-state index in [2.05, 4.69) is 25.9 Å². The van der Waals surface area contributed by atoms with Gasteiger partial charge in [-0.05, 0) is 22.0 Å². The van der Waals surface area contributed by atoms with Gasteiger partial charge in [-0.15, -0.1) is 0 Å². The summed E-state index contributed by atoms with van der Waals surface area (Å²) in [5.41, 5.74) is 0.418. The lowest BCUT2D eigenvalue weighted by Crippen LogP contribution is -2.11. The van der Waals surface area contributed by atoms with Gasteiger partial charge in [0.1, 0.15) is 11.9 Å². The zero-order chi connectivity index (χ0) is 11.1. The molecule has 0 bridgehead atoms. The second kappa shape index (κ2) is 3.48. The Morgan fingerprint density at radius 2 is 2.13 bits per heavy atom. The fraction of sp³-hybridized carbons (Fsp3) is 0.250. The van der Waals surface area contributed by atoms with Crippen LogP contribution in [0, 0.1) is 0 Å². The van der Waals surface area contributed by atoms with Crippen molar-refractivity contribution in [2.45, 2.75) is 12.6 Å². The highest BCUT2D eigenvalue weighted by Gasteiger charge is 2.30. The highest BCUT2D eigenvalue weighted by Crippen LogP contribution is 2.24. The number of hydrogen-bond acceptors (Lipinski definition) is 3. The summed E-state index contributed by atoms with van der Waals surface area (Å²) in [5, 5.41) is 0. The van der Waals surface area contributed by atoms with Gasteiger partial charge in [0.25, 0.3) is 0 Å². The Kier molecular flexibility index (Phi) is 2.41. The second-order valence-corrected chi connectivity index (χ2v) is 3.79. The molecular weight excluding hydrogens is 277 g/mol. The minimum atomic E-state index is -4.32. The number of rotatable bonds is 1. The predicted octanol–water partition coefficient (Wildman–Crippen LogP) is 3.09. The maximum absolute atomic E-state index is 12.0. The van der Waals surface area contributed by atoms with Crippen LogP contribution in [0.25, 0.3) is 11.2 Å². The van der Waals surface area contributed by atoms with E-state index in [1.54, 1.807) is 6.07 Å². The SMILES string of the molecule is FC(F)(F)Cc1nc2cc(Br)cnc2o1. The summed E-state index contributed by atoms with van der Waals surface area (Å²) in [4.78, 5) is 7.47. The summed E-state index contributed by atoms with van der Waals surface area (Å²) in [7, 11) is 0. The number of aromatic nitrogens is 2. The molecule has 0 aliphatic rings. The van der Waals surface area contributed by atoms with Crippen LogP contribution in [0.5, 0.6) is 0 Å². The number of nitrogens with zero attached hydrogens (tertiary/aromatic N) is 2. The van der Waals surface area contributed by atoms with Gasteiger partial charge in [-0.2, -0.15) is 13.2 Å². The Hall–Kier alpha value is -1.11. The highest BCUT2D eigenvalue weighted by molar-refractivity contribution is 9.10. The van der Waals surface area contributed by atoms with Crippen LogP contribution < -0.4 is 0 Å². The van der Waals surface area contributed by atoms with Crippen LogP contribution in [0.2, 0.25) is 0 Å². The number of hydrogen-bond donors (Lipinski definition) is 0. The van der Waals surface area contributed by atoms with Crippen molar-refractivity contribution in [3.05, 3.63) is 22.6 Å². The Balaban J connectivity index is 2.39. The Morgan fingerprint density at radius 1 is 1.40 bits per heavy atom. The van der Waals surface area contributed by atoms with Crippen molar-refractivity contribution >= 4 is 27.2 Å². The van der Waals surface area contributed by atoms with Crippen LogP contribution >= 0.6 is 15.9 Å². The first kappa shape index (κ1) is 10.4. The summed E-state index contributed by atoms with van der Waals surface area (Å²) in [6.45, 7) is 0. The second-order valence-electron chi connectivity index (χ2n) is 2.88. The molecule has 0 amide bonds. The quantitative estimate of drug-likeness (QED) is 0.806. The van der Waals surface area contributed by atoms with Gasteiger partial charge in [-0.3, -0.25) is 0 Å². The average Bonchev–Trinajstić information content (AvgIpc) is 2.42. The molecule has 0 saturated carbocycles. The largest absolute Gasteiger partial charge is 0.422 e. The molecule has 80 valence electrons. The zero-order valence-electron chi connectivity index (χ0n) is 7.18. The predicted molar refractivity (Wildman–Crippen MR) is 49.3 cm³/mol. The molecule has 0 N–H and O–H groups in total. The van der Waals surface area contributed by atoms with Crippen LogP contribution in [-0.2, 0) is 6.42 Å². The van der Waals surface area contributed by atoms with E-state index in [0.717, 1.165) is 0 Å². The van der Waals surface area contributed by atoms with Crippen molar-refractivity contribution in [1.82, 2.24) is 9.97 Å². The smallest absolute Gasteiger partial charge is 0.397 e. The molecular formula is C8H4BrF3N2O. The van der Waals surface area contributed by atoms with Crippen molar-refractivity contribution in [1.29, 1.82) is 0 Å². The van der Waals surface area contributed by atoms with Crippen LogP contribution in [-0.4, -0.2) is 16.1 Å². The van der Waals surface area contributed by atoms with E-state index < -0.39 is 12.6 Å². The Bertz CT molecular complexity index is 494. The molecule has 2 heterocycles. The van der Waals surface area contributed by atoms with Gasteiger partial charge in [0.05, 0.1) is 0 Å². The fourth-order valence-electron chi connectivity index (χ4n) is 1.09. The molecule has 2 aromatic rings. The van der Waals surface area contributed by atoms with Crippen molar-refractivity contribution in [3.63, 3.8) is 0 Å². The first-order valence-electron chi connectivity index (χ1n) is 3.92. The third-order valence-electron chi connectivity index (χ3n) is 1.61. The van der Waals surface area contributed by atoms with E-state index in [0.29, 0.717) is 9.99 Å². The van der Waals surface area contributed by atoms with Crippen molar-refractivity contribution in [3.8, 4) is 0 Å². The van der Waals surface area contributed by atoms with Gasteiger partial charge in [0, 0.05) is 10.7 Å². The van der Waals surface area contributed by atoms with Gasteiger partial charge in [0.15, 0.2) is 0 Å². The molecule has 0 atom stereocenters. The summed E-state index contributed by atoms with van der Waals surface area (Å²) in [5.74, 6) is -0.372. The van der Waals surface area contributed by atoms with E-state index in [1.807, 2.05) is 0 Å². The molecule has 0 aliphatic heterocycles. The summed E-state index contributed by atoms with van der Waals surface area (Å²) in [6, 6.07) is 1.55. The molecule has 3 nitrogen and oxygen atoms in total. The average molecular weight is 281 g/mol. The van der Waals surface area contributed by atoms with Crippen molar-refractivity contribution in [2.24, 2.45) is 0 Å². The third kappa shape index (κ3) is 2.47. The topological polar surface area (TPSA) is 38.9 Å². The first-order valence-corrected chi connectivity index (χ1v) is 4.71. The van der Waals surface area contributed by atoms with Crippen molar-refractivity contribution < 1.29 is 17.6 Å². The molecule has 2 rings (SSSR count). The molecule has 0 aliphatic carbocycles. The van der Waals surface area contributed by atoms with Crippen molar-refractivity contribution in [2.75, 3.05) is 0 Å². The highest BCUT2D eigenvalue weighted by atomic mass is 79.9. The number of alkyl halides is 3. The lowest BCUT2D eigenvalue weighted by molar-refractivity contribution is -0.130. The minimum absolute atomic E-state index is 0.109. The Morgan fingerprint density at radius 3 is 2.80 bits per heavy atom. The molecule has 0 spiro atoms. The molecule has 2 aromatic heterocycles. The normalized spacial score (nSPS) is 12.3. The summed E-state index contributed by atoms with van der Waals surface area (Å²) in [6.07, 6.45) is -4.07. The van der Waals surface area contributed by atoms with Crippen LogP contribution in [0.3, 0.4) is 0 Å². The molecule has 15 heavy (non-hydrogen) atoms. The standard InChI is InChI=1S/C8H4BrF3N2O/c9-4-1-5-7(13-3-4)15-6(14-5)2-8(10,11)12/h1,3H,2H2. The van der Waals surface area contributed by atoms with Gasteiger partial charge in [0.2, 0.25) is 11.6 Å². The lowest BCUT2D eigenvalue weighted by atomic mass is 10.4. The van der Waals surface area contributed by atoms with Crippen LogP contribution in [0.1, 0.15) is 5.89 Å². The third-order valence-corrected chi connectivity index (χ3v) is 2.04. The van der Waals surface area contributed by atoms with Gasteiger partial charge < -0.3 is 4.42 Å². The maximum atomic E-state index is 12.0. The fourth-order valence-corrected chi connectivity index (χ4v) is 1.41. The van der Waals surface area contributed by atoms with E-state index in [9.17, 15) is 13.2 Å². The molecule has 7 heteroatoms. The van der Waals surface area contributed by atoms with Crippen LogP contribution in [0.4, 0.5) is 13.2 Å². The molecule has 0 fully saturated rings. The maximum Gasteiger partial charge on any atom is 0.397 e. The molecule has 0 aromatic carbocycles. The van der Waals surface area contributed by atoms with E-state index in [4.69, 9.17) is 4.42 Å². The van der Waals surface area contributed by atoms with Gasteiger partial charge in [-0.1, -0.05) is 0 Å². The summed E-state index contributed by atoms with van der Waals surface area (Å²) >= 11 is 3.14. The Labute approximate surface area is 90.4 Å². The van der Waals surface area contributed by atoms with Gasteiger partial charge in [-0.25, -0.2) is 9.97 Å². The van der Waals surface area contributed by atoms with E-state index in [1.165, 1.54) is 6.20 Å². The first-order chi connectivity index (χ1) is 6.94.